The number of anilines is 1. The van der Waals surface area contributed by atoms with Crippen LogP contribution in [0.2, 0.25) is 5.02 Å². The highest BCUT2D eigenvalue weighted by atomic mass is 35.5. The number of esters is 1. The Morgan fingerprint density at radius 2 is 1.75 bits per heavy atom. The molecule has 0 aliphatic carbocycles. The predicted molar refractivity (Wildman–Crippen MR) is 109 cm³/mol. The van der Waals surface area contributed by atoms with Gasteiger partial charge in [0.1, 0.15) is 5.75 Å². The summed E-state index contributed by atoms with van der Waals surface area (Å²) in [6, 6.07) is 14.4. The fourth-order valence-electron chi connectivity index (χ4n) is 2.66. The Kier molecular flexibility index (Phi) is 5.76. The number of benzene rings is 3. The minimum absolute atomic E-state index is 0.101. The van der Waals surface area contributed by atoms with Gasteiger partial charge in [-0.05, 0) is 60.2 Å². The normalized spacial score (nSPS) is 11.2. The first-order valence-electron chi connectivity index (χ1n) is 8.41. The standard InChI is InChI=1S/C20H18ClNO5S/c1-3-27-20(23)18-9-6-15(12-19(18)21)22-28(24,25)17-8-5-13-10-16(26-2)7-4-14(13)11-17/h4-12,22H,3H2,1-2H3. The van der Waals surface area contributed by atoms with E-state index in [0.29, 0.717) is 5.75 Å². The molecule has 0 amide bonds. The van der Waals surface area contributed by atoms with Gasteiger partial charge in [-0.15, -0.1) is 0 Å². The zero-order valence-electron chi connectivity index (χ0n) is 15.2. The number of rotatable bonds is 6. The van der Waals surface area contributed by atoms with Gasteiger partial charge in [-0.1, -0.05) is 23.7 Å². The van der Waals surface area contributed by atoms with Crippen LogP contribution in [0.25, 0.3) is 10.8 Å². The number of halogens is 1. The van der Waals surface area contributed by atoms with E-state index in [9.17, 15) is 13.2 Å². The van der Waals surface area contributed by atoms with E-state index in [4.69, 9.17) is 21.1 Å². The van der Waals surface area contributed by atoms with Gasteiger partial charge in [-0.3, -0.25) is 4.72 Å². The number of sulfonamides is 1. The van der Waals surface area contributed by atoms with Crippen LogP contribution in [0.15, 0.2) is 59.5 Å². The van der Waals surface area contributed by atoms with Crippen molar-refractivity contribution >= 4 is 44.1 Å². The highest BCUT2D eigenvalue weighted by Crippen LogP contribution is 2.27. The van der Waals surface area contributed by atoms with E-state index in [-0.39, 0.29) is 27.8 Å². The summed E-state index contributed by atoms with van der Waals surface area (Å²) in [6.07, 6.45) is 0. The van der Waals surface area contributed by atoms with Crippen LogP contribution in [0.4, 0.5) is 5.69 Å². The van der Waals surface area contributed by atoms with Gasteiger partial charge < -0.3 is 9.47 Å². The summed E-state index contributed by atoms with van der Waals surface area (Å²) < 4.78 is 38.0. The Balaban J connectivity index is 1.88. The van der Waals surface area contributed by atoms with E-state index in [0.717, 1.165) is 10.8 Å². The Morgan fingerprint density at radius 3 is 2.43 bits per heavy atom. The van der Waals surface area contributed by atoms with Crippen molar-refractivity contribution in [2.75, 3.05) is 18.4 Å². The summed E-state index contributed by atoms with van der Waals surface area (Å²) >= 11 is 6.09. The fourth-order valence-corrected chi connectivity index (χ4v) is 4.01. The summed E-state index contributed by atoms with van der Waals surface area (Å²) in [5.74, 6) is 0.129. The molecule has 0 aliphatic rings. The minimum atomic E-state index is -3.84. The predicted octanol–water partition coefficient (Wildman–Crippen LogP) is 4.48. The molecular formula is C20H18ClNO5S. The maximum Gasteiger partial charge on any atom is 0.339 e. The molecule has 0 heterocycles. The Hall–Kier alpha value is -2.77. The molecule has 0 aromatic heterocycles. The first kappa shape index (κ1) is 20.0. The lowest BCUT2D eigenvalue weighted by Gasteiger charge is -2.11. The molecule has 3 aromatic rings. The molecule has 0 atom stereocenters. The molecule has 0 fully saturated rings. The van der Waals surface area contributed by atoms with Gasteiger partial charge >= 0.3 is 5.97 Å². The molecule has 0 unspecified atom stereocenters. The Labute approximate surface area is 168 Å². The second kappa shape index (κ2) is 8.08. The quantitative estimate of drug-likeness (QED) is 0.596. The number of methoxy groups -OCH3 is 1. The Bertz CT molecular complexity index is 1140. The molecule has 0 saturated carbocycles. The molecule has 28 heavy (non-hydrogen) atoms. The SMILES string of the molecule is CCOC(=O)c1ccc(NS(=O)(=O)c2ccc3cc(OC)ccc3c2)cc1Cl. The number of ether oxygens (including phenoxy) is 2. The topological polar surface area (TPSA) is 81.7 Å². The molecule has 0 radical (unpaired) electrons. The van der Waals surface area contributed by atoms with Crippen LogP contribution in [0, 0.1) is 0 Å². The van der Waals surface area contributed by atoms with Gasteiger partial charge in [0.2, 0.25) is 0 Å². The zero-order valence-corrected chi connectivity index (χ0v) is 16.8. The number of hydrogen-bond donors (Lipinski definition) is 1. The van der Waals surface area contributed by atoms with E-state index in [1.807, 2.05) is 6.07 Å². The molecule has 3 aromatic carbocycles. The summed E-state index contributed by atoms with van der Waals surface area (Å²) in [5.41, 5.74) is 0.416. The van der Waals surface area contributed by atoms with Crippen molar-refractivity contribution in [3.63, 3.8) is 0 Å². The molecule has 0 aliphatic heterocycles. The van der Waals surface area contributed by atoms with Crippen molar-refractivity contribution in [2.45, 2.75) is 11.8 Å². The van der Waals surface area contributed by atoms with Crippen LogP contribution in [-0.4, -0.2) is 28.1 Å². The largest absolute Gasteiger partial charge is 0.497 e. The second-order valence-corrected chi connectivity index (χ2v) is 7.99. The maximum absolute atomic E-state index is 12.7. The number of carbonyl (C=O) groups excluding carboxylic acids is 1. The highest BCUT2D eigenvalue weighted by Gasteiger charge is 2.17. The minimum Gasteiger partial charge on any atom is -0.497 e. The van der Waals surface area contributed by atoms with Crippen molar-refractivity contribution in [2.24, 2.45) is 0 Å². The summed E-state index contributed by atoms with van der Waals surface area (Å²) in [7, 11) is -2.26. The molecule has 6 nitrogen and oxygen atoms in total. The summed E-state index contributed by atoms with van der Waals surface area (Å²) in [4.78, 5) is 11.9. The highest BCUT2D eigenvalue weighted by molar-refractivity contribution is 7.92. The van der Waals surface area contributed by atoms with E-state index in [1.165, 1.54) is 24.3 Å². The van der Waals surface area contributed by atoms with Crippen molar-refractivity contribution < 1.29 is 22.7 Å². The van der Waals surface area contributed by atoms with Crippen molar-refractivity contribution in [3.05, 3.63) is 65.2 Å². The average Bonchev–Trinajstić information content (AvgIpc) is 2.67. The first-order valence-corrected chi connectivity index (χ1v) is 10.3. The van der Waals surface area contributed by atoms with Gasteiger partial charge in [0, 0.05) is 0 Å². The van der Waals surface area contributed by atoms with Gasteiger partial charge in [-0.25, -0.2) is 13.2 Å². The molecule has 0 spiro atoms. The van der Waals surface area contributed by atoms with Crippen molar-refractivity contribution in [1.82, 2.24) is 0 Å². The molecule has 0 bridgehead atoms. The molecular weight excluding hydrogens is 402 g/mol. The van der Waals surface area contributed by atoms with E-state index >= 15 is 0 Å². The molecule has 1 N–H and O–H groups in total. The molecule has 0 saturated heterocycles. The van der Waals surface area contributed by atoms with E-state index in [2.05, 4.69) is 4.72 Å². The van der Waals surface area contributed by atoms with E-state index < -0.39 is 16.0 Å². The third kappa shape index (κ3) is 4.21. The van der Waals surface area contributed by atoms with Gasteiger partial charge in [-0.2, -0.15) is 0 Å². The lowest BCUT2D eigenvalue weighted by Crippen LogP contribution is -2.13. The van der Waals surface area contributed by atoms with Crippen molar-refractivity contribution in [3.8, 4) is 5.75 Å². The lowest BCUT2D eigenvalue weighted by molar-refractivity contribution is 0.0526. The lowest BCUT2D eigenvalue weighted by atomic mass is 10.1. The first-order chi connectivity index (χ1) is 13.3. The van der Waals surface area contributed by atoms with Crippen LogP contribution < -0.4 is 9.46 Å². The van der Waals surface area contributed by atoms with Gasteiger partial charge in [0.05, 0.1) is 34.9 Å². The number of fused-ring (bicyclic) bond motifs is 1. The molecule has 3 rings (SSSR count). The molecule has 8 heteroatoms. The van der Waals surface area contributed by atoms with Gasteiger partial charge in [0.15, 0.2) is 0 Å². The van der Waals surface area contributed by atoms with Gasteiger partial charge in [0.25, 0.3) is 10.0 Å². The maximum atomic E-state index is 12.7. The van der Waals surface area contributed by atoms with E-state index in [1.54, 1.807) is 38.3 Å². The zero-order chi connectivity index (χ0) is 20.3. The number of nitrogens with one attached hydrogen (secondary N) is 1. The third-order valence-electron chi connectivity index (χ3n) is 4.05. The van der Waals surface area contributed by atoms with Crippen LogP contribution >= 0.6 is 11.6 Å². The van der Waals surface area contributed by atoms with Crippen molar-refractivity contribution in [1.29, 1.82) is 0 Å². The molecule has 146 valence electrons. The summed E-state index contributed by atoms with van der Waals surface area (Å²) in [6.45, 7) is 1.91. The summed E-state index contributed by atoms with van der Waals surface area (Å²) in [5, 5.41) is 1.73. The van der Waals surface area contributed by atoms with Crippen LogP contribution in [0.5, 0.6) is 5.75 Å². The average molecular weight is 420 g/mol. The second-order valence-electron chi connectivity index (χ2n) is 5.90. The van der Waals surface area contributed by atoms with Crippen LogP contribution in [0.1, 0.15) is 17.3 Å². The third-order valence-corrected chi connectivity index (χ3v) is 5.74. The number of hydrogen-bond acceptors (Lipinski definition) is 5. The van der Waals surface area contributed by atoms with Crippen LogP contribution in [0.3, 0.4) is 0 Å². The van der Waals surface area contributed by atoms with Crippen LogP contribution in [-0.2, 0) is 14.8 Å². The monoisotopic (exact) mass is 419 g/mol. The Morgan fingerprint density at radius 1 is 1.04 bits per heavy atom. The number of carbonyl (C=O) groups is 1. The smallest absolute Gasteiger partial charge is 0.339 e. The fraction of sp³-hybridized carbons (Fsp3) is 0.150.